The quantitative estimate of drug-likeness (QED) is 0.463. The first kappa shape index (κ1) is 16.2. The molecule has 0 aromatic carbocycles. The number of aliphatic imine (C=N–C) groups is 1. The number of halogens is 1. The Bertz CT molecular complexity index is 308. The van der Waals surface area contributed by atoms with Crippen molar-refractivity contribution in [2.75, 3.05) is 13.1 Å². The topological polar surface area (TPSA) is 68.2 Å². The third-order valence-electron chi connectivity index (χ3n) is 2.19. The van der Waals surface area contributed by atoms with E-state index >= 15 is 0 Å². The predicted octanol–water partition coefficient (Wildman–Crippen LogP) is 1.45. The standard InChI is InChI=1S/C11H21N5.HI/c1-10(2)4-6-13-11(12)14-7-9-16-8-3-5-15-16;/h3,5,8,10H,4,6-7,9H2,1-2H3,(H3,12,13,14);1H. The molecule has 0 unspecified atom stereocenters. The molecule has 0 bridgehead atoms. The summed E-state index contributed by atoms with van der Waals surface area (Å²) in [4.78, 5) is 4.24. The number of nitrogens with two attached hydrogens (primary N) is 1. The highest BCUT2D eigenvalue weighted by Gasteiger charge is 1.94. The summed E-state index contributed by atoms with van der Waals surface area (Å²) in [5.41, 5.74) is 5.71. The second kappa shape index (κ2) is 9.26. The Balaban J connectivity index is 0.00000256. The molecule has 0 aliphatic rings. The maximum absolute atomic E-state index is 5.71. The molecule has 0 saturated heterocycles. The first-order chi connectivity index (χ1) is 7.68. The Kier molecular flexibility index (Phi) is 8.83. The van der Waals surface area contributed by atoms with Crippen LogP contribution in [0.5, 0.6) is 0 Å². The fourth-order valence-corrected chi connectivity index (χ4v) is 1.23. The largest absolute Gasteiger partial charge is 0.370 e. The monoisotopic (exact) mass is 351 g/mol. The van der Waals surface area contributed by atoms with Crippen LogP contribution in [-0.4, -0.2) is 28.8 Å². The summed E-state index contributed by atoms with van der Waals surface area (Å²) in [5.74, 6) is 1.19. The average molecular weight is 351 g/mol. The van der Waals surface area contributed by atoms with Crippen molar-refractivity contribution in [2.24, 2.45) is 16.6 Å². The fraction of sp³-hybridized carbons (Fsp3) is 0.636. The summed E-state index contributed by atoms with van der Waals surface area (Å²) < 4.78 is 1.86. The molecule has 1 rings (SSSR count). The van der Waals surface area contributed by atoms with Gasteiger partial charge >= 0.3 is 0 Å². The second-order valence-corrected chi connectivity index (χ2v) is 4.15. The molecular weight excluding hydrogens is 329 g/mol. The number of nitrogens with zero attached hydrogens (tertiary/aromatic N) is 3. The number of rotatable bonds is 6. The van der Waals surface area contributed by atoms with Gasteiger partial charge in [0.1, 0.15) is 0 Å². The van der Waals surface area contributed by atoms with Crippen LogP contribution in [0.2, 0.25) is 0 Å². The zero-order valence-electron chi connectivity index (χ0n) is 10.5. The molecule has 6 heteroatoms. The zero-order valence-corrected chi connectivity index (χ0v) is 12.8. The highest BCUT2D eigenvalue weighted by atomic mass is 127. The molecule has 1 aromatic heterocycles. The van der Waals surface area contributed by atoms with Crippen molar-refractivity contribution in [3.8, 4) is 0 Å². The van der Waals surface area contributed by atoms with Crippen molar-refractivity contribution in [1.82, 2.24) is 15.1 Å². The Morgan fingerprint density at radius 1 is 1.53 bits per heavy atom. The van der Waals surface area contributed by atoms with Crippen molar-refractivity contribution in [2.45, 2.75) is 26.8 Å². The lowest BCUT2D eigenvalue weighted by atomic mass is 10.1. The Morgan fingerprint density at radius 3 is 2.88 bits per heavy atom. The van der Waals surface area contributed by atoms with Gasteiger partial charge in [-0.1, -0.05) is 13.8 Å². The van der Waals surface area contributed by atoms with Crippen LogP contribution in [0, 0.1) is 5.92 Å². The maximum Gasteiger partial charge on any atom is 0.188 e. The highest BCUT2D eigenvalue weighted by Crippen LogP contribution is 1.97. The van der Waals surface area contributed by atoms with Gasteiger partial charge in [0.2, 0.25) is 0 Å². The van der Waals surface area contributed by atoms with Crippen LogP contribution in [0.15, 0.2) is 23.5 Å². The minimum absolute atomic E-state index is 0. The van der Waals surface area contributed by atoms with Crippen LogP contribution in [0.3, 0.4) is 0 Å². The lowest BCUT2D eigenvalue weighted by Gasteiger charge is -2.06. The highest BCUT2D eigenvalue weighted by molar-refractivity contribution is 14.0. The molecule has 17 heavy (non-hydrogen) atoms. The number of aromatic nitrogens is 2. The van der Waals surface area contributed by atoms with Gasteiger partial charge in [0.05, 0.1) is 6.54 Å². The molecule has 0 aliphatic carbocycles. The van der Waals surface area contributed by atoms with Gasteiger partial charge in [-0.25, -0.2) is 0 Å². The van der Waals surface area contributed by atoms with E-state index in [1.54, 1.807) is 6.20 Å². The summed E-state index contributed by atoms with van der Waals surface area (Å²) in [6, 6.07) is 1.90. The maximum atomic E-state index is 5.71. The van der Waals surface area contributed by atoms with Crippen LogP contribution in [0.1, 0.15) is 20.3 Å². The van der Waals surface area contributed by atoms with Crippen LogP contribution in [-0.2, 0) is 6.54 Å². The molecule has 0 spiro atoms. The Hall–Kier alpha value is -0.790. The van der Waals surface area contributed by atoms with Gasteiger partial charge in [0.15, 0.2) is 5.96 Å². The lowest BCUT2D eigenvalue weighted by molar-refractivity contribution is 0.589. The molecule has 0 aliphatic heterocycles. The molecule has 0 fully saturated rings. The molecule has 98 valence electrons. The van der Waals surface area contributed by atoms with Gasteiger partial charge in [-0.2, -0.15) is 5.10 Å². The third kappa shape index (κ3) is 8.00. The van der Waals surface area contributed by atoms with Crippen LogP contribution in [0.4, 0.5) is 0 Å². The smallest absolute Gasteiger partial charge is 0.188 e. The van der Waals surface area contributed by atoms with E-state index in [1.807, 2.05) is 16.9 Å². The number of hydrogen-bond donors (Lipinski definition) is 2. The average Bonchev–Trinajstić information content (AvgIpc) is 2.70. The predicted molar refractivity (Wildman–Crippen MR) is 81.6 cm³/mol. The number of hydrogen-bond acceptors (Lipinski definition) is 2. The third-order valence-corrected chi connectivity index (χ3v) is 2.19. The molecular formula is C11H22IN5. The summed E-state index contributed by atoms with van der Waals surface area (Å²) in [7, 11) is 0. The van der Waals surface area contributed by atoms with Crippen LogP contribution >= 0.6 is 24.0 Å². The van der Waals surface area contributed by atoms with Crippen molar-refractivity contribution < 1.29 is 0 Å². The second-order valence-electron chi connectivity index (χ2n) is 4.15. The Morgan fingerprint density at radius 2 is 2.29 bits per heavy atom. The van der Waals surface area contributed by atoms with E-state index in [-0.39, 0.29) is 24.0 Å². The van der Waals surface area contributed by atoms with E-state index in [4.69, 9.17) is 5.73 Å². The normalized spacial score (nSPS) is 11.4. The molecule has 0 amide bonds. The molecule has 0 atom stereocenters. The summed E-state index contributed by atoms with van der Waals surface area (Å²) >= 11 is 0. The van der Waals surface area contributed by atoms with Gasteiger partial charge in [-0.05, 0) is 18.4 Å². The number of nitrogens with one attached hydrogen (secondary N) is 1. The SMILES string of the molecule is CC(C)CCN=C(N)NCCn1cccn1.I. The van der Waals surface area contributed by atoms with Gasteiger partial charge < -0.3 is 11.1 Å². The molecule has 0 radical (unpaired) electrons. The van der Waals surface area contributed by atoms with E-state index in [0.29, 0.717) is 11.9 Å². The lowest BCUT2D eigenvalue weighted by Crippen LogP contribution is -2.34. The van der Waals surface area contributed by atoms with Crippen molar-refractivity contribution in [3.05, 3.63) is 18.5 Å². The van der Waals surface area contributed by atoms with E-state index in [9.17, 15) is 0 Å². The van der Waals surface area contributed by atoms with Crippen LogP contribution < -0.4 is 11.1 Å². The van der Waals surface area contributed by atoms with Crippen molar-refractivity contribution in [1.29, 1.82) is 0 Å². The van der Waals surface area contributed by atoms with E-state index in [2.05, 4.69) is 29.3 Å². The van der Waals surface area contributed by atoms with Gasteiger partial charge in [0, 0.05) is 25.5 Å². The van der Waals surface area contributed by atoms with Gasteiger partial charge in [-0.15, -0.1) is 24.0 Å². The Labute approximate surface area is 120 Å². The minimum atomic E-state index is 0. The summed E-state index contributed by atoms with van der Waals surface area (Å²) in [6.07, 6.45) is 4.76. The van der Waals surface area contributed by atoms with Crippen molar-refractivity contribution in [3.63, 3.8) is 0 Å². The minimum Gasteiger partial charge on any atom is -0.370 e. The van der Waals surface area contributed by atoms with Crippen LogP contribution in [0.25, 0.3) is 0 Å². The summed E-state index contributed by atoms with van der Waals surface area (Å²) in [6.45, 7) is 6.69. The van der Waals surface area contributed by atoms with Crippen molar-refractivity contribution >= 4 is 29.9 Å². The summed E-state index contributed by atoms with van der Waals surface area (Å²) in [5, 5.41) is 7.16. The first-order valence-corrected chi connectivity index (χ1v) is 5.69. The van der Waals surface area contributed by atoms with Gasteiger partial charge in [0.25, 0.3) is 0 Å². The first-order valence-electron chi connectivity index (χ1n) is 5.69. The molecule has 3 N–H and O–H groups in total. The molecule has 1 heterocycles. The molecule has 0 saturated carbocycles. The van der Waals surface area contributed by atoms with E-state index < -0.39 is 0 Å². The van der Waals surface area contributed by atoms with Gasteiger partial charge in [-0.3, -0.25) is 9.67 Å². The zero-order chi connectivity index (χ0) is 11.8. The van der Waals surface area contributed by atoms with E-state index in [0.717, 1.165) is 26.1 Å². The van der Waals surface area contributed by atoms with E-state index in [1.165, 1.54) is 0 Å². The number of guanidine groups is 1. The molecule has 1 aromatic rings. The molecule has 5 nitrogen and oxygen atoms in total. The fourth-order valence-electron chi connectivity index (χ4n) is 1.23.